The quantitative estimate of drug-likeness (QED) is 0.135. The van der Waals surface area contributed by atoms with Crippen LogP contribution >= 0.6 is 90.4 Å². The number of thiol groups is 1. The van der Waals surface area contributed by atoms with Crippen LogP contribution in [0.5, 0.6) is 0 Å². The van der Waals surface area contributed by atoms with Gasteiger partial charge in [0.15, 0.2) is 3.83 Å². The number of hydrogen-bond acceptors (Lipinski definition) is 5. The summed E-state index contributed by atoms with van der Waals surface area (Å²) in [5, 5.41) is 0. The van der Waals surface area contributed by atoms with Crippen molar-refractivity contribution in [3.05, 3.63) is 34.3 Å². The monoisotopic (exact) mass is 816 g/mol. The number of aromatic nitrogens is 4. The Bertz CT molecular complexity index is 616. The molecule has 0 bridgehead atoms. The minimum atomic E-state index is -4.35. The standard InChI is InChI=1S/C3HI3N2.C3H3IN2.CH2FO3S.CH4.2Na/c4-1-2(5)8-3(6)7-1;4-3-1-5-2-6-3;2-1-5-6(3)4;;;/h(H,7,8);1-2H,(H,5,6);1,6H;1H4;;/q;;-1;;2*+1/i;;6D;;;. The number of H-pyrrole nitrogens is 2. The van der Waals surface area contributed by atoms with Crippen molar-refractivity contribution in [3.63, 3.8) is 0 Å². The molecule has 0 radical (unpaired) electrons. The first-order chi connectivity index (χ1) is 9.65. The van der Waals surface area contributed by atoms with Crippen LogP contribution in [-0.2, 0) is 15.1 Å². The van der Waals surface area contributed by atoms with Crippen LogP contribution in [0.3, 0.4) is 0 Å². The van der Waals surface area contributed by atoms with Gasteiger partial charge >= 0.3 is 59.1 Å². The third kappa shape index (κ3) is 21.3. The molecule has 0 unspecified atom stereocenters. The number of hydrogen-bond donors (Lipinski definition) is 3. The third-order valence-electron chi connectivity index (χ3n) is 1.17. The SMILES string of the molecule is C.Ic1cnc[nH]1.Ic1nc(I)c(I)[nH]1.[2H]S(=O)(=O)O[CH-]F.[Na+].[Na+]. The average Bonchev–Trinajstić information content (AvgIpc) is 2.89. The van der Waals surface area contributed by atoms with Gasteiger partial charge in [-0.05, 0) is 97.2 Å². The molecule has 0 atom stereocenters. The molecule has 2 rings (SSSR count). The maximum absolute atomic E-state index is 10.6. The van der Waals surface area contributed by atoms with Gasteiger partial charge in [0.05, 0.1) is 16.2 Å². The predicted octanol–water partition coefficient (Wildman–Crippen LogP) is -2.50. The van der Waals surface area contributed by atoms with Crippen LogP contribution in [0, 0.1) is 21.8 Å². The number of rotatable bonds is 2. The summed E-state index contributed by atoms with van der Waals surface area (Å²) in [4.78, 5) is 13.8. The van der Waals surface area contributed by atoms with Crippen molar-refractivity contribution in [1.82, 2.24) is 19.9 Å². The average molecular weight is 816 g/mol. The van der Waals surface area contributed by atoms with Crippen LogP contribution in [0.2, 0.25) is 0 Å². The largest absolute Gasteiger partial charge is 1.00 e. The van der Waals surface area contributed by atoms with Crippen molar-refractivity contribution >= 4 is 101 Å². The number of aromatic amines is 2. The van der Waals surface area contributed by atoms with Gasteiger partial charge in [-0.25, -0.2) is 18.4 Å². The van der Waals surface area contributed by atoms with Crippen LogP contribution in [0.4, 0.5) is 4.39 Å². The summed E-state index contributed by atoms with van der Waals surface area (Å²) in [6, 6.07) is 0. The van der Waals surface area contributed by atoms with E-state index in [0.29, 0.717) is 0 Å². The zero-order chi connectivity index (χ0) is 16.5. The molecule has 0 amide bonds. The summed E-state index contributed by atoms with van der Waals surface area (Å²) in [5.74, 6) is 0. The molecule has 0 aliphatic heterocycles. The van der Waals surface area contributed by atoms with Crippen LogP contribution in [0.15, 0.2) is 12.5 Å². The van der Waals surface area contributed by atoms with Crippen molar-refractivity contribution in [2.45, 2.75) is 7.43 Å². The predicted molar refractivity (Wildman–Crippen MR) is 112 cm³/mol. The molecule has 23 heavy (non-hydrogen) atoms. The molecular formula is C8H10FI4N4Na2O3S+. The summed E-state index contributed by atoms with van der Waals surface area (Å²) in [5.41, 5.74) is 0. The molecule has 2 aromatic rings. The van der Waals surface area contributed by atoms with Gasteiger partial charge in [-0.3, -0.25) is 0 Å². The molecule has 0 aliphatic rings. The molecule has 7 nitrogen and oxygen atoms in total. The third-order valence-corrected chi connectivity index (χ3v) is 5.09. The summed E-state index contributed by atoms with van der Waals surface area (Å²) in [7, 11) is -4.35. The molecule has 0 aliphatic carbocycles. The fraction of sp³-hybridized carbons (Fsp3) is 0.125. The maximum atomic E-state index is 10.6. The van der Waals surface area contributed by atoms with Gasteiger partial charge in [0.25, 0.3) is 0 Å². The molecule has 0 fully saturated rings. The first-order valence-electron chi connectivity index (χ1n) is 4.66. The van der Waals surface area contributed by atoms with Crippen molar-refractivity contribution in [3.8, 4) is 0 Å². The van der Waals surface area contributed by atoms with E-state index in [1.807, 2.05) is 0 Å². The number of imidazole rings is 2. The smallest absolute Gasteiger partial charge is 0.429 e. The topological polar surface area (TPSA) is 101 Å². The van der Waals surface area contributed by atoms with Crippen molar-refractivity contribution in [2.24, 2.45) is 0 Å². The van der Waals surface area contributed by atoms with E-state index in [0.717, 1.165) is 14.9 Å². The Balaban J connectivity index is -0.000000119. The van der Waals surface area contributed by atoms with E-state index in [2.05, 4.69) is 114 Å². The Kier molecular flexibility index (Phi) is 28.9. The van der Waals surface area contributed by atoms with E-state index in [1.165, 1.54) is 0 Å². The second-order valence-corrected chi connectivity index (χ2v) is 7.31. The molecule has 0 aromatic carbocycles. The van der Waals surface area contributed by atoms with E-state index in [4.69, 9.17) is 1.12 Å². The Morgan fingerprint density at radius 1 is 1.30 bits per heavy atom. The van der Waals surface area contributed by atoms with Gasteiger partial charge in [-0.2, -0.15) is 0 Å². The molecule has 2 N–H and O–H groups in total. The van der Waals surface area contributed by atoms with Gasteiger partial charge in [0, 0.05) is 0 Å². The Morgan fingerprint density at radius 2 is 1.87 bits per heavy atom. The second-order valence-electron chi connectivity index (χ2n) is 2.42. The van der Waals surface area contributed by atoms with Crippen LogP contribution < -0.4 is 59.1 Å². The number of nitrogens with one attached hydrogen (secondary N) is 2. The molecule has 0 spiro atoms. The van der Waals surface area contributed by atoms with Crippen LogP contribution in [0.25, 0.3) is 0 Å². The van der Waals surface area contributed by atoms with E-state index in [9.17, 15) is 12.8 Å². The molecule has 0 saturated carbocycles. The van der Waals surface area contributed by atoms with Crippen LogP contribution in [-0.4, -0.2) is 29.5 Å². The van der Waals surface area contributed by atoms with Crippen molar-refractivity contribution in [2.75, 3.05) is 0 Å². The Labute approximate surface area is 235 Å². The summed E-state index contributed by atoms with van der Waals surface area (Å²) < 4.78 is 42.5. The zero-order valence-electron chi connectivity index (χ0n) is 12.1. The molecule has 0 saturated heterocycles. The van der Waals surface area contributed by atoms with E-state index >= 15 is 0 Å². The Morgan fingerprint density at radius 3 is 1.96 bits per heavy atom. The van der Waals surface area contributed by atoms with Gasteiger partial charge < -0.3 is 18.5 Å². The van der Waals surface area contributed by atoms with Gasteiger partial charge in [-0.15, -0.1) is 0 Å². The summed E-state index contributed by atoms with van der Waals surface area (Å²) >= 11 is 8.71. The van der Waals surface area contributed by atoms with E-state index in [-0.39, 0.29) is 66.5 Å². The summed E-state index contributed by atoms with van der Waals surface area (Å²) in [6.07, 6.45) is 3.42. The van der Waals surface area contributed by atoms with Crippen LogP contribution in [0.1, 0.15) is 7.43 Å². The van der Waals surface area contributed by atoms with Gasteiger partial charge in [-0.1, -0.05) is 7.43 Å². The minimum absolute atomic E-state index is 0. The first kappa shape index (κ1) is 30.9. The maximum Gasteiger partial charge on any atom is 1.00 e. The summed E-state index contributed by atoms with van der Waals surface area (Å²) in [6.45, 7) is -0.567. The second kappa shape index (κ2) is 21.5. The van der Waals surface area contributed by atoms with Gasteiger partial charge in [0.1, 0.15) is 7.40 Å². The zero-order valence-corrected chi connectivity index (χ0v) is 24.6. The number of nitrogens with zero attached hydrogens (tertiary/aromatic N) is 2. The molecular weight excluding hydrogens is 805 g/mol. The van der Waals surface area contributed by atoms with E-state index in [1.54, 1.807) is 12.5 Å². The Hall–Kier alpha value is 3.18. The van der Waals surface area contributed by atoms with Crippen molar-refractivity contribution < 1.29 is 76.1 Å². The fourth-order valence-electron chi connectivity index (χ4n) is 0.574. The number of halogens is 5. The minimum Gasteiger partial charge on any atom is -0.429 e. The molecule has 122 valence electrons. The molecule has 2 aromatic heterocycles. The van der Waals surface area contributed by atoms with E-state index < -0.39 is 17.7 Å². The fourth-order valence-corrected chi connectivity index (χ4v) is 3.17. The molecule has 2 heterocycles. The van der Waals surface area contributed by atoms with Gasteiger partial charge in [0.2, 0.25) is 12.0 Å². The normalized spacial score (nSPS) is 9.35. The van der Waals surface area contributed by atoms with Crippen molar-refractivity contribution in [1.29, 1.82) is 1.12 Å². The molecule has 15 heteroatoms. The first-order valence-corrected chi connectivity index (χ1v) is 9.57.